The molecule has 0 amide bonds. The van der Waals surface area contributed by atoms with Gasteiger partial charge in [-0.25, -0.2) is 0 Å². The number of rotatable bonds is 5. The molecule has 0 bridgehead atoms. The first-order valence-corrected chi connectivity index (χ1v) is 9.62. The van der Waals surface area contributed by atoms with Crippen LogP contribution in [0.1, 0.15) is 63.5 Å². The van der Waals surface area contributed by atoms with Crippen molar-refractivity contribution < 1.29 is 14.1 Å². The van der Waals surface area contributed by atoms with Gasteiger partial charge in [-0.15, -0.1) is 11.8 Å². The first-order valence-electron chi connectivity index (χ1n) is 8.46. The first-order chi connectivity index (χ1) is 10.8. The van der Waals surface area contributed by atoms with Crippen LogP contribution in [0.4, 0.5) is 0 Å². The van der Waals surface area contributed by atoms with Crippen molar-refractivity contribution in [3.63, 3.8) is 0 Å². The van der Waals surface area contributed by atoms with Gasteiger partial charge in [0.2, 0.25) is 0 Å². The molecular weight excluding hydrogens is 310 g/mol. The third kappa shape index (κ3) is 5.27. The van der Waals surface area contributed by atoms with Crippen molar-refractivity contribution in [2.24, 2.45) is 11.3 Å². The maximum Gasteiger partial charge on any atom is 0.316 e. The van der Waals surface area contributed by atoms with Crippen LogP contribution in [-0.2, 0) is 15.3 Å². The topological polar surface area (TPSA) is 52.3 Å². The molecule has 0 radical (unpaired) electrons. The fourth-order valence-electron chi connectivity index (χ4n) is 3.21. The molecule has 1 aliphatic carbocycles. The van der Waals surface area contributed by atoms with E-state index < -0.39 is 0 Å². The fraction of sp³-hybridized carbons (Fsp3) is 0.778. The van der Waals surface area contributed by atoms with E-state index in [2.05, 4.69) is 25.9 Å². The van der Waals surface area contributed by atoms with E-state index in [1.165, 1.54) is 0 Å². The van der Waals surface area contributed by atoms with E-state index in [4.69, 9.17) is 9.26 Å². The van der Waals surface area contributed by atoms with Gasteiger partial charge in [-0.05, 0) is 50.9 Å². The second-order valence-electron chi connectivity index (χ2n) is 7.63. The van der Waals surface area contributed by atoms with E-state index >= 15 is 0 Å². The summed E-state index contributed by atoms with van der Waals surface area (Å²) in [6, 6.07) is 0. The predicted molar refractivity (Wildman–Crippen MR) is 93.4 cm³/mol. The Morgan fingerprint density at radius 1 is 1.26 bits per heavy atom. The Hall–Kier alpha value is -0.970. The highest BCUT2D eigenvalue weighted by atomic mass is 32.2. The summed E-state index contributed by atoms with van der Waals surface area (Å²) >= 11 is 1.57. The summed E-state index contributed by atoms with van der Waals surface area (Å²) < 4.78 is 10.8. The van der Waals surface area contributed by atoms with Gasteiger partial charge in [-0.1, -0.05) is 25.9 Å². The quantitative estimate of drug-likeness (QED) is 0.730. The summed E-state index contributed by atoms with van der Waals surface area (Å²) in [5, 5.41) is 3.93. The van der Waals surface area contributed by atoms with E-state index in [9.17, 15) is 4.79 Å². The molecule has 0 unspecified atom stereocenters. The highest BCUT2D eigenvalue weighted by Gasteiger charge is 2.31. The summed E-state index contributed by atoms with van der Waals surface area (Å²) in [4.78, 5) is 12.0. The minimum atomic E-state index is -0.0963. The molecule has 1 aliphatic rings. The van der Waals surface area contributed by atoms with E-state index in [0.29, 0.717) is 11.2 Å². The SMILES string of the molecule is Cc1noc(C)c1CSCC(=O)OC1CCC(C(C)(C)C)CC1. The lowest BCUT2D eigenvalue weighted by atomic mass is 9.72. The summed E-state index contributed by atoms with van der Waals surface area (Å²) in [6.07, 6.45) is 4.44. The molecule has 0 atom stereocenters. The zero-order valence-electron chi connectivity index (χ0n) is 15.0. The van der Waals surface area contributed by atoms with Crippen LogP contribution >= 0.6 is 11.8 Å². The summed E-state index contributed by atoms with van der Waals surface area (Å²) in [5.41, 5.74) is 2.36. The molecule has 0 N–H and O–H groups in total. The number of aromatic nitrogens is 1. The second-order valence-corrected chi connectivity index (χ2v) is 8.61. The first kappa shape index (κ1) is 18.4. The highest BCUT2D eigenvalue weighted by Crippen LogP contribution is 2.38. The molecule has 1 heterocycles. The maximum absolute atomic E-state index is 12.0. The average Bonchev–Trinajstić information content (AvgIpc) is 2.78. The molecular formula is C18H29NO3S. The fourth-order valence-corrected chi connectivity index (χ4v) is 4.16. The van der Waals surface area contributed by atoms with Crippen LogP contribution in [0.3, 0.4) is 0 Å². The lowest BCUT2D eigenvalue weighted by molar-refractivity contribution is -0.148. The minimum absolute atomic E-state index is 0.0963. The molecule has 1 saturated carbocycles. The van der Waals surface area contributed by atoms with Gasteiger partial charge < -0.3 is 9.26 Å². The van der Waals surface area contributed by atoms with Gasteiger partial charge in [0.05, 0.1) is 11.4 Å². The third-order valence-corrected chi connectivity index (χ3v) is 5.78. The number of aryl methyl sites for hydroxylation is 2. The predicted octanol–water partition coefficient (Wildman–Crippen LogP) is 4.67. The third-order valence-electron chi connectivity index (χ3n) is 4.84. The number of esters is 1. The lowest BCUT2D eigenvalue weighted by Crippen LogP contribution is -2.30. The van der Waals surface area contributed by atoms with E-state index in [1.54, 1.807) is 11.8 Å². The number of hydrogen-bond donors (Lipinski definition) is 0. The molecule has 2 rings (SSSR count). The summed E-state index contributed by atoms with van der Waals surface area (Å²) in [6.45, 7) is 10.7. The molecule has 130 valence electrons. The van der Waals surface area contributed by atoms with Gasteiger partial charge in [-0.3, -0.25) is 4.79 Å². The zero-order valence-corrected chi connectivity index (χ0v) is 15.8. The highest BCUT2D eigenvalue weighted by molar-refractivity contribution is 7.99. The monoisotopic (exact) mass is 339 g/mol. The molecule has 0 aromatic carbocycles. The summed E-state index contributed by atoms with van der Waals surface area (Å²) in [7, 11) is 0. The van der Waals surface area contributed by atoms with Gasteiger partial charge in [0.15, 0.2) is 0 Å². The van der Waals surface area contributed by atoms with Crippen LogP contribution in [0.2, 0.25) is 0 Å². The van der Waals surface area contributed by atoms with Gasteiger partial charge >= 0.3 is 5.97 Å². The van der Waals surface area contributed by atoms with Crippen LogP contribution in [0, 0.1) is 25.2 Å². The van der Waals surface area contributed by atoms with Crippen LogP contribution in [0.5, 0.6) is 0 Å². The number of ether oxygens (including phenoxy) is 1. The smallest absolute Gasteiger partial charge is 0.316 e. The van der Waals surface area contributed by atoms with Gasteiger partial charge in [0.25, 0.3) is 0 Å². The Morgan fingerprint density at radius 2 is 1.91 bits per heavy atom. The normalized spacial score (nSPS) is 22.1. The van der Waals surface area contributed by atoms with Crippen LogP contribution in [-0.4, -0.2) is 23.0 Å². The molecule has 0 spiro atoms. The van der Waals surface area contributed by atoms with Crippen molar-refractivity contribution in [1.29, 1.82) is 0 Å². The van der Waals surface area contributed by atoms with Crippen molar-refractivity contribution in [3.8, 4) is 0 Å². The molecule has 1 fully saturated rings. The molecule has 4 nitrogen and oxygen atoms in total. The number of hydrogen-bond acceptors (Lipinski definition) is 5. The Bertz CT molecular complexity index is 505. The van der Waals surface area contributed by atoms with Crippen molar-refractivity contribution in [3.05, 3.63) is 17.0 Å². The summed E-state index contributed by atoms with van der Waals surface area (Å²) in [5.74, 6) is 2.62. The van der Waals surface area contributed by atoms with Crippen molar-refractivity contribution in [2.45, 2.75) is 72.2 Å². The number of carbonyl (C=O) groups is 1. The van der Waals surface area contributed by atoms with Crippen molar-refractivity contribution >= 4 is 17.7 Å². The minimum Gasteiger partial charge on any atom is -0.462 e. The van der Waals surface area contributed by atoms with E-state index in [0.717, 1.165) is 54.4 Å². The number of thioether (sulfide) groups is 1. The van der Waals surface area contributed by atoms with E-state index in [-0.39, 0.29) is 12.1 Å². The lowest BCUT2D eigenvalue weighted by Gasteiger charge is -2.36. The zero-order chi connectivity index (χ0) is 17.0. The van der Waals surface area contributed by atoms with Crippen molar-refractivity contribution in [2.75, 3.05) is 5.75 Å². The van der Waals surface area contributed by atoms with Crippen LogP contribution < -0.4 is 0 Å². The second kappa shape index (κ2) is 7.73. The van der Waals surface area contributed by atoms with Gasteiger partial charge in [-0.2, -0.15) is 0 Å². The molecule has 5 heteroatoms. The molecule has 23 heavy (non-hydrogen) atoms. The molecule has 1 aromatic rings. The Labute approximate surface area is 143 Å². The largest absolute Gasteiger partial charge is 0.462 e. The van der Waals surface area contributed by atoms with E-state index in [1.807, 2.05) is 13.8 Å². The Morgan fingerprint density at radius 3 is 2.43 bits per heavy atom. The van der Waals surface area contributed by atoms with Gasteiger partial charge in [0.1, 0.15) is 11.9 Å². The Balaban J connectivity index is 1.68. The van der Waals surface area contributed by atoms with Crippen molar-refractivity contribution in [1.82, 2.24) is 5.16 Å². The Kier molecular flexibility index (Phi) is 6.18. The van der Waals surface area contributed by atoms with Gasteiger partial charge in [0, 0.05) is 11.3 Å². The average molecular weight is 340 g/mol. The number of nitrogens with zero attached hydrogens (tertiary/aromatic N) is 1. The van der Waals surface area contributed by atoms with Crippen LogP contribution in [0.25, 0.3) is 0 Å². The standard InChI is InChI=1S/C18H29NO3S/c1-12-16(13(2)22-19-12)10-23-11-17(20)21-15-8-6-14(7-9-15)18(3,4)5/h14-15H,6-11H2,1-5H3. The molecule has 0 saturated heterocycles. The maximum atomic E-state index is 12.0. The van der Waals surface area contributed by atoms with Crippen LogP contribution in [0.15, 0.2) is 4.52 Å². The number of carbonyl (C=O) groups excluding carboxylic acids is 1. The molecule has 0 aliphatic heterocycles. The molecule has 1 aromatic heterocycles.